The number of rotatable bonds is 3. The summed E-state index contributed by atoms with van der Waals surface area (Å²) in [6, 6.07) is 7.20. The first-order valence-electron chi connectivity index (χ1n) is 5.91. The highest BCUT2D eigenvalue weighted by molar-refractivity contribution is 5.47. The van der Waals surface area contributed by atoms with Gasteiger partial charge in [0.15, 0.2) is 11.6 Å². The van der Waals surface area contributed by atoms with Gasteiger partial charge in [0, 0.05) is 18.7 Å². The molecular weight excluding hydrogens is 251 g/mol. The number of hydrogen-bond donors (Lipinski definition) is 1. The zero-order valence-corrected chi connectivity index (χ0v) is 10.7. The van der Waals surface area contributed by atoms with Gasteiger partial charge in [-0.25, -0.2) is 13.2 Å². The summed E-state index contributed by atoms with van der Waals surface area (Å²) in [6.45, 7) is 4.19. The van der Waals surface area contributed by atoms with Crippen LogP contribution >= 0.6 is 0 Å². The molecule has 0 bridgehead atoms. The summed E-state index contributed by atoms with van der Waals surface area (Å²) in [5.41, 5.74) is 2.77. The van der Waals surface area contributed by atoms with Crippen LogP contribution in [0.15, 0.2) is 30.3 Å². The third kappa shape index (κ3) is 3.28. The van der Waals surface area contributed by atoms with E-state index >= 15 is 0 Å². The van der Waals surface area contributed by atoms with E-state index in [2.05, 4.69) is 5.32 Å². The van der Waals surface area contributed by atoms with Crippen LogP contribution in [0, 0.1) is 31.3 Å². The molecule has 2 rings (SSSR count). The molecule has 100 valence electrons. The molecule has 0 radical (unpaired) electrons. The molecule has 0 heterocycles. The van der Waals surface area contributed by atoms with Crippen LogP contribution in [0.25, 0.3) is 0 Å². The predicted molar refractivity (Wildman–Crippen MR) is 69.6 cm³/mol. The van der Waals surface area contributed by atoms with Gasteiger partial charge in [-0.05, 0) is 19.4 Å². The molecule has 4 heteroatoms. The maximum atomic E-state index is 13.4. The summed E-state index contributed by atoms with van der Waals surface area (Å²) >= 11 is 0. The highest BCUT2D eigenvalue weighted by atomic mass is 19.1. The van der Waals surface area contributed by atoms with Gasteiger partial charge in [-0.15, -0.1) is 0 Å². The lowest BCUT2D eigenvalue weighted by Gasteiger charge is -2.10. The lowest BCUT2D eigenvalue weighted by Crippen LogP contribution is -2.05. The van der Waals surface area contributed by atoms with Crippen LogP contribution in [-0.2, 0) is 6.54 Å². The van der Waals surface area contributed by atoms with E-state index in [-0.39, 0.29) is 12.2 Å². The molecule has 0 spiro atoms. The van der Waals surface area contributed by atoms with Crippen molar-refractivity contribution in [3.63, 3.8) is 0 Å². The Morgan fingerprint density at radius 2 is 1.37 bits per heavy atom. The zero-order chi connectivity index (χ0) is 14.0. The monoisotopic (exact) mass is 265 g/mol. The van der Waals surface area contributed by atoms with Crippen molar-refractivity contribution in [1.29, 1.82) is 0 Å². The van der Waals surface area contributed by atoms with E-state index in [0.29, 0.717) is 12.1 Å². The van der Waals surface area contributed by atoms with Crippen molar-refractivity contribution in [2.45, 2.75) is 20.4 Å². The maximum absolute atomic E-state index is 13.4. The van der Waals surface area contributed by atoms with Crippen molar-refractivity contribution >= 4 is 5.69 Å². The van der Waals surface area contributed by atoms with E-state index in [9.17, 15) is 13.2 Å². The van der Waals surface area contributed by atoms with E-state index in [4.69, 9.17) is 0 Å². The van der Waals surface area contributed by atoms with Gasteiger partial charge >= 0.3 is 0 Å². The molecule has 1 nitrogen and oxygen atoms in total. The van der Waals surface area contributed by atoms with Crippen molar-refractivity contribution < 1.29 is 13.2 Å². The van der Waals surface area contributed by atoms with Crippen molar-refractivity contribution in [3.8, 4) is 0 Å². The summed E-state index contributed by atoms with van der Waals surface area (Å²) in [4.78, 5) is 0. The van der Waals surface area contributed by atoms with Gasteiger partial charge in [-0.1, -0.05) is 29.3 Å². The summed E-state index contributed by atoms with van der Waals surface area (Å²) in [7, 11) is 0. The Kier molecular flexibility index (Phi) is 3.79. The number of hydrogen-bond acceptors (Lipinski definition) is 1. The maximum Gasteiger partial charge on any atom is 0.152 e. The number of nitrogens with one attached hydrogen (secondary N) is 1. The molecule has 1 N–H and O–H groups in total. The van der Waals surface area contributed by atoms with Crippen molar-refractivity contribution in [1.82, 2.24) is 0 Å². The number of halogens is 3. The largest absolute Gasteiger partial charge is 0.376 e. The van der Waals surface area contributed by atoms with Crippen molar-refractivity contribution in [2.75, 3.05) is 5.32 Å². The average molecular weight is 265 g/mol. The molecule has 0 atom stereocenters. The Balaban J connectivity index is 2.19. The van der Waals surface area contributed by atoms with Crippen LogP contribution in [0.1, 0.15) is 16.7 Å². The predicted octanol–water partition coefficient (Wildman–Crippen LogP) is 4.33. The zero-order valence-electron chi connectivity index (χ0n) is 10.7. The van der Waals surface area contributed by atoms with Gasteiger partial charge in [-0.3, -0.25) is 0 Å². The molecule has 2 aromatic rings. The van der Waals surface area contributed by atoms with Gasteiger partial charge in [0.25, 0.3) is 0 Å². The molecule has 0 aliphatic carbocycles. The molecule has 0 aliphatic heterocycles. The topological polar surface area (TPSA) is 12.0 Å². The quantitative estimate of drug-likeness (QED) is 0.870. The number of aryl methyl sites for hydroxylation is 2. The minimum atomic E-state index is -0.929. The van der Waals surface area contributed by atoms with Crippen LogP contribution < -0.4 is 5.32 Å². The fraction of sp³-hybridized carbons (Fsp3) is 0.200. The highest BCUT2D eigenvalue weighted by Crippen LogP contribution is 2.21. The standard InChI is InChI=1S/C15H14F3N/c1-9-3-10(2)5-11(4-9)8-19-15-13(17)6-12(16)7-14(15)18/h3-7,19H,8H2,1-2H3. The minimum Gasteiger partial charge on any atom is -0.376 e. The molecule has 0 aliphatic rings. The fourth-order valence-corrected chi connectivity index (χ4v) is 2.07. The summed E-state index contributed by atoms with van der Waals surface area (Å²) in [5, 5.41) is 2.66. The SMILES string of the molecule is Cc1cc(C)cc(CNc2c(F)cc(F)cc2F)c1. The molecule has 0 fully saturated rings. The van der Waals surface area contributed by atoms with Crippen LogP contribution in [0.4, 0.5) is 18.9 Å². The first-order valence-corrected chi connectivity index (χ1v) is 5.91. The van der Waals surface area contributed by atoms with E-state index in [0.717, 1.165) is 16.7 Å². The second-order valence-electron chi connectivity index (χ2n) is 4.59. The Bertz CT molecular complexity index is 565. The third-order valence-electron chi connectivity index (χ3n) is 2.76. The Hall–Kier alpha value is -1.97. The average Bonchev–Trinajstić information content (AvgIpc) is 2.25. The van der Waals surface area contributed by atoms with E-state index in [1.165, 1.54) is 0 Å². The third-order valence-corrected chi connectivity index (χ3v) is 2.76. The lowest BCUT2D eigenvalue weighted by molar-refractivity contribution is 0.547. The van der Waals surface area contributed by atoms with Crippen LogP contribution in [0.2, 0.25) is 0 Å². The normalized spacial score (nSPS) is 10.6. The van der Waals surface area contributed by atoms with E-state index in [1.54, 1.807) is 0 Å². The van der Waals surface area contributed by atoms with Gasteiger partial charge in [-0.2, -0.15) is 0 Å². The van der Waals surface area contributed by atoms with Gasteiger partial charge in [0.05, 0.1) is 0 Å². The summed E-state index contributed by atoms with van der Waals surface area (Å²) < 4.78 is 39.6. The molecule has 2 aromatic carbocycles. The number of anilines is 1. The minimum absolute atomic E-state index is 0.280. The molecule has 0 aromatic heterocycles. The van der Waals surface area contributed by atoms with Gasteiger partial charge < -0.3 is 5.32 Å². The molecule has 0 unspecified atom stereocenters. The van der Waals surface area contributed by atoms with E-state index < -0.39 is 17.5 Å². The first kappa shape index (κ1) is 13.5. The first-order chi connectivity index (χ1) is 8.95. The number of benzene rings is 2. The second kappa shape index (κ2) is 5.34. The van der Waals surface area contributed by atoms with Gasteiger partial charge in [0.2, 0.25) is 0 Å². The molecule has 0 saturated heterocycles. The van der Waals surface area contributed by atoms with Gasteiger partial charge in [0.1, 0.15) is 11.5 Å². The van der Waals surface area contributed by atoms with E-state index in [1.807, 2.05) is 32.0 Å². The Labute approximate surface area is 110 Å². The van der Waals surface area contributed by atoms with Crippen molar-refractivity contribution in [3.05, 3.63) is 64.5 Å². The Morgan fingerprint density at radius 3 is 1.89 bits per heavy atom. The molecular formula is C15H14F3N. The fourth-order valence-electron chi connectivity index (χ4n) is 2.07. The molecule has 0 saturated carbocycles. The smallest absolute Gasteiger partial charge is 0.152 e. The second-order valence-corrected chi connectivity index (χ2v) is 4.59. The summed E-state index contributed by atoms with van der Waals surface area (Å²) in [5.74, 6) is -2.78. The van der Waals surface area contributed by atoms with Crippen LogP contribution in [0.3, 0.4) is 0 Å². The van der Waals surface area contributed by atoms with Crippen molar-refractivity contribution in [2.24, 2.45) is 0 Å². The molecule has 19 heavy (non-hydrogen) atoms. The lowest BCUT2D eigenvalue weighted by atomic mass is 10.1. The summed E-state index contributed by atoms with van der Waals surface area (Å²) in [6.07, 6.45) is 0. The Morgan fingerprint density at radius 1 is 0.842 bits per heavy atom. The molecule has 0 amide bonds. The van der Waals surface area contributed by atoms with Crippen LogP contribution in [0.5, 0.6) is 0 Å². The van der Waals surface area contributed by atoms with Crippen LogP contribution in [-0.4, -0.2) is 0 Å². The highest BCUT2D eigenvalue weighted by Gasteiger charge is 2.11.